The molecule has 0 aromatic carbocycles. The highest BCUT2D eigenvalue weighted by atomic mass is 16.1. The van der Waals surface area contributed by atoms with Crippen molar-refractivity contribution in [2.24, 2.45) is 28.6 Å². The smallest absolute Gasteiger partial charge is 0.155 e. The molecule has 0 aromatic rings. The molecule has 0 heterocycles. The van der Waals surface area contributed by atoms with Gasteiger partial charge in [-0.2, -0.15) is 0 Å². The molecular weight excluding hydrogens is 276 g/mol. The third kappa shape index (κ3) is 1.65. The number of aldehydes is 1. The van der Waals surface area contributed by atoms with E-state index in [0.29, 0.717) is 36.4 Å². The van der Waals surface area contributed by atoms with Crippen LogP contribution in [0.4, 0.5) is 0 Å². The van der Waals surface area contributed by atoms with Gasteiger partial charge in [0.05, 0.1) is 5.41 Å². The first kappa shape index (κ1) is 14.3. The van der Waals surface area contributed by atoms with Gasteiger partial charge in [-0.25, -0.2) is 0 Å². The van der Waals surface area contributed by atoms with Crippen molar-refractivity contribution in [1.29, 1.82) is 0 Å². The second kappa shape index (κ2) is 4.62. The highest BCUT2D eigenvalue weighted by molar-refractivity contribution is 5.93. The molecule has 0 amide bonds. The van der Waals surface area contributed by atoms with E-state index in [1.807, 2.05) is 0 Å². The second-order valence-electron chi connectivity index (χ2n) is 8.13. The minimum atomic E-state index is -0.399. The summed E-state index contributed by atoms with van der Waals surface area (Å²) in [6.07, 6.45) is 9.65. The summed E-state index contributed by atoms with van der Waals surface area (Å²) in [6.45, 7) is 2.16. The van der Waals surface area contributed by atoms with Crippen LogP contribution in [0.1, 0.15) is 58.3 Å². The van der Waals surface area contributed by atoms with Crippen molar-refractivity contribution in [1.82, 2.24) is 0 Å². The number of rotatable bonds is 1. The molecule has 118 valence electrons. The van der Waals surface area contributed by atoms with Gasteiger partial charge in [0.25, 0.3) is 0 Å². The lowest BCUT2D eigenvalue weighted by atomic mass is 9.47. The lowest BCUT2D eigenvalue weighted by molar-refractivity contribution is -0.135. The van der Waals surface area contributed by atoms with Crippen molar-refractivity contribution in [3.8, 4) is 0 Å². The van der Waals surface area contributed by atoms with Gasteiger partial charge in [-0.1, -0.05) is 12.5 Å². The maximum Gasteiger partial charge on any atom is 0.155 e. The van der Waals surface area contributed by atoms with E-state index in [9.17, 15) is 14.4 Å². The third-order valence-corrected chi connectivity index (χ3v) is 7.48. The number of ketones is 2. The van der Waals surface area contributed by atoms with E-state index in [4.69, 9.17) is 0 Å². The topological polar surface area (TPSA) is 51.2 Å². The molecule has 0 aromatic heterocycles. The lowest BCUT2D eigenvalue weighted by Crippen LogP contribution is -2.52. The normalized spacial score (nSPS) is 47.3. The van der Waals surface area contributed by atoms with E-state index in [1.54, 1.807) is 6.08 Å². The predicted molar refractivity (Wildman–Crippen MR) is 82.1 cm³/mol. The van der Waals surface area contributed by atoms with Crippen LogP contribution in [0.15, 0.2) is 11.6 Å². The van der Waals surface area contributed by atoms with Crippen LogP contribution in [-0.2, 0) is 14.4 Å². The summed E-state index contributed by atoms with van der Waals surface area (Å²) >= 11 is 0. The molecule has 3 fully saturated rings. The molecular formula is C19H24O3. The lowest BCUT2D eigenvalue weighted by Gasteiger charge is -2.55. The van der Waals surface area contributed by atoms with Gasteiger partial charge in [-0.15, -0.1) is 0 Å². The van der Waals surface area contributed by atoms with E-state index < -0.39 is 5.41 Å². The van der Waals surface area contributed by atoms with Gasteiger partial charge in [0.1, 0.15) is 12.1 Å². The number of fused-ring (bicyclic) bond motifs is 5. The first-order valence-electron chi connectivity index (χ1n) is 8.75. The average molecular weight is 300 g/mol. The Balaban J connectivity index is 1.74. The van der Waals surface area contributed by atoms with Crippen molar-refractivity contribution < 1.29 is 14.4 Å². The zero-order chi connectivity index (χ0) is 15.5. The number of allylic oxidation sites excluding steroid dienone is 1. The summed E-state index contributed by atoms with van der Waals surface area (Å²) in [6, 6.07) is 0. The molecule has 3 saturated carbocycles. The number of carbonyl (C=O) groups is 3. The largest absolute Gasteiger partial charge is 0.302 e. The third-order valence-electron chi connectivity index (χ3n) is 7.48. The highest BCUT2D eigenvalue weighted by Crippen LogP contribution is 2.63. The molecule has 3 heteroatoms. The maximum atomic E-state index is 12.4. The van der Waals surface area contributed by atoms with Crippen LogP contribution in [0.5, 0.6) is 0 Å². The summed E-state index contributed by atoms with van der Waals surface area (Å²) in [5, 5.41) is 0. The molecule has 22 heavy (non-hydrogen) atoms. The van der Waals surface area contributed by atoms with Gasteiger partial charge in [-0.05, 0) is 62.4 Å². The molecule has 4 rings (SSSR count). The molecule has 0 radical (unpaired) electrons. The average Bonchev–Trinajstić information content (AvgIpc) is 2.82. The molecule has 4 aliphatic rings. The number of carbonyl (C=O) groups excluding carboxylic acids is 3. The Morgan fingerprint density at radius 3 is 2.64 bits per heavy atom. The Kier molecular flexibility index (Phi) is 3.02. The molecule has 0 unspecified atom stereocenters. The van der Waals surface area contributed by atoms with Gasteiger partial charge in [0.15, 0.2) is 5.78 Å². The molecule has 0 spiro atoms. The van der Waals surface area contributed by atoms with Crippen LogP contribution >= 0.6 is 0 Å². The Bertz CT molecular complexity index is 589. The molecule has 5 atom stereocenters. The summed E-state index contributed by atoms with van der Waals surface area (Å²) in [4.78, 5) is 36.2. The Hall–Kier alpha value is -1.25. The van der Waals surface area contributed by atoms with Gasteiger partial charge in [0, 0.05) is 18.3 Å². The van der Waals surface area contributed by atoms with Crippen molar-refractivity contribution in [3.63, 3.8) is 0 Å². The number of hydrogen-bond donors (Lipinski definition) is 0. The summed E-state index contributed by atoms with van der Waals surface area (Å²) < 4.78 is 0. The van der Waals surface area contributed by atoms with E-state index in [2.05, 4.69) is 6.92 Å². The standard InChI is InChI=1S/C19H24O3/c1-18-8-7-16-14(15(18)4-5-17(18)22)3-2-12-10-13(21)6-9-19(12,16)11-20/h10-11,14-16H,2-9H2,1H3/t14-,15-,16-,18+,19+/m1/s1. The highest BCUT2D eigenvalue weighted by Gasteiger charge is 2.60. The Morgan fingerprint density at radius 2 is 1.86 bits per heavy atom. The predicted octanol–water partition coefficient (Wildman–Crippen LogP) is 3.27. The van der Waals surface area contributed by atoms with Crippen LogP contribution in [0.25, 0.3) is 0 Å². The molecule has 0 N–H and O–H groups in total. The first-order valence-corrected chi connectivity index (χ1v) is 8.75. The van der Waals surface area contributed by atoms with Crippen LogP contribution in [0.2, 0.25) is 0 Å². The van der Waals surface area contributed by atoms with Crippen molar-refractivity contribution in [3.05, 3.63) is 11.6 Å². The van der Waals surface area contributed by atoms with E-state index in [-0.39, 0.29) is 11.2 Å². The summed E-state index contributed by atoms with van der Waals surface area (Å²) in [5.41, 5.74) is 0.550. The van der Waals surface area contributed by atoms with Crippen LogP contribution in [-0.4, -0.2) is 17.9 Å². The summed E-state index contributed by atoms with van der Waals surface area (Å²) in [5.74, 6) is 1.91. The Morgan fingerprint density at radius 1 is 1.05 bits per heavy atom. The molecule has 0 aliphatic heterocycles. The summed E-state index contributed by atoms with van der Waals surface area (Å²) in [7, 11) is 0. The van der Waals surface area contributed by atoms with Crippen LogP contribution in [0.3, 0.4) is 0 Å². The SMILES string of the molecule is C[C@]12CC[C@@H]3[C@H](CCC4=CC(=O)CC[C@]43C=O)[C@H]1CCC2=O. The van der Waals surface area contributed by atoms with Crippen molar-refractivity contribution >= 4 is 17.9 Å². The fraction of sp³-hybridized carbons (Fsp3) is 0.737. The Labute approximate surface area is 131 Å². The van der Waals surface area contributed by atoms with Gasteiger partial charge in [-0.3, -0.25) is 9.59 Å². The zero-order valence-electron chi connectivity index (χ0n) is 13.3. The second-order valence-corrected chi connectivity index (χ2v) is 8.13. The number of Topliss-reactive ketones (excluding diaryl/α,β-unsaturated/α-hetero) is 1. The number of hydrogen-bond acceptors (Lipinski definition) is 3. The van der Waals surface area contributed by atoms with Crippen LogP contribution in [0, 0.1) is 28.6 Å². The van der Waals surface area contributed by atoms with Crippen molar-refractivity contribution in [2.75, 3.05) is 0 Å². The maximum absolute atomic E-state index is 12.4. The van der Waals surface area contributed by atoms with Gasteiger partial charge in [0.2, 0.25) is 0 Å². The van der Waals surface area contributed by atoms with E-state index in [0.717, 1.165) is 50.4 Å². The molecule has 0 bridgehead atoms. The van der Waals surface area contributed by atoms with Crippen molar-refractivity contribution in [2.45, 2.75) is 58.3 Å². The molecule has 4 aliphatic carbocycles. The first-order chi connectivity index (χ1) is 10.5. The quantitative estimate of drug-likeness (QED) is 0.698. The van der Waals surface area contributed by atoms with Gasteiger partial charge >= 0.3 is 0 Å². The zero-order valence-corrected chi connectivity index (χ0v) is 13.3. The van der Waals surface area contributed by atoms with E-state index >= 15 is 0 Å². The fourth-order valence-corrected chi connectivity index (χ4v) is 6.26. The van der Waals surface area contributed by atoms with E-state index in [1.165, 1.54) is 0 Å². The van der Waals surface area contributed by atoms with Crippen LogP contribution < -0.4 is 0 Å². The molecule has 0 saturated heterocycles. The minimum Gasteiger partial charge on any atom is -0.302 e. The fourth-order valence-electron chi connectivity index (χ4n) is 6.26. The molecule has 3 nitrogen and oxygen atoms in total. The van der Waals surface area contributed by atoms with Gasteiger partial charge < -0.3 is 4.79 Å². The monoisotopic (exact) mass is 300 g/mol. The minimum absolute atomic E-state index is 0.142.